The first-order chi connectivity index (χ1) is 22.8. The topological polar surface area (TPSA) is 35.1 Å². The predicted molar refractivity (Wildman–Crippen MR) is 191 cm³/mol. The summed E-state index contributed by atoms with van der Waals surface area (Å²) in [6.45, 7) is 0. The third-order valence-corrected chi connectivity index (χ3v) is 9.80. The summed E-state index contributed by atoms with van der Waals surface area (Å²) in [7, 11) is 0. The Bertz CT molecular complexity index is 3020. The zero-order chi connectivity index (χ0) is 29.9. The van der Waals surface area contributed by atoms with Crippen molar-refractivity contribution in [2.24, 2.45) is 0 Å². The van der Waals surface area contributed by atoms with Gasteiger partial charge in [-0.25, -0.2) is 9.97 Å². The van der Waals surface area contributed by atoms with E-state index in [2.05, 4.69) is 148 Å². The molecule has 11 rings (SSSR count). The molecule has 7 aromatic carbocycles. The molecule has 11 aromatic rings. The number of para-hydroxylation sites is 3. The molecule has 0 radical (unpaired) electrons. The number of hydrogen-bond donors (Lipinski definition) is 0. The van der Waals surface area contributed by atoms with Gasteiger partial charge in [-0.2, -0.15) is 0 Å². The molecule has 0 atom stereocenters. The van der Waals surface area contributed by atoms with Gasteiger partial charge in [0.15, 0.2) is 0 Å². The lowest BCUT2D eigenvalue weighted by Crippen LogP contribution is -2.03. The van der Waals surface area contributed by atoms with Crippen LogP contribution in [0.4, 0.5) is 0 Å². The molecule has 212 valence electrons. The van der Waals surface area contributed by atoms with Crippen LogP contribution >= 0.6 is 0 Å². The largest absolute Gasteiger partial charge is 0.308 e. The second-order valence-corrected chi connectivity index (χ2v) is 12.2. The molecule has 4 nitrogen and oxygen atoms in total. The Labute approximate surface area is 262 Å². The molecular formula is C42H24N4. The van der Waals surface area contributed by atoms with Crippen molar-refractivity contribution >= 4 is 81.6 Å². The van der Waals surface area contributed by atoms with Crippen LogP contribution in [0.15, 0.2) is 146 Å². The van der Waals surface area contributed by atoms with E-state index in [0.717, 1.165) is 33.2 Å². The van der Waals surface area contributed by atoms with Crippen LogP contribution in [-0.2, 0) is 0 Å². The van der Waals surface area contributed by atoms with E-state index in [-0.39, 0.29) is 0 Å². The molecule has 0 unspecified atom stereocenters. The second kappa shape index (κ2) is 8.68. The van der Waals surface area contributed by atoms with Crippen molar-refractivity contribution < 1.29 is 0 Å². The first-order valence-electron chi connectivity index (χ1n) is 15.7. The van der Waals surface area contributed by atoms with Crippen molar-refractivity contribution in [1.29, 1.82) is 0 Å². The molecule has 0 aliphatic carbocycles. The van der Waals surface area contributed by atoms with Gasteiger partial charge >= 0.3 is 0 Å². The van der Waals surface area contributed by atoms with Gasteiger partial charge in [-0.05, 0) is 47.2 Å². The van der Waals surface area contributed by atoms with Gasteiger partial charge in [-0.3, -0.25) is 4.57 Å². The molecule has 0 N–H and O–H groups in total. The van der Waals surface area contributed by atoms with Crippen LogP contribution in [0.25, 0.3) is 98.8 Å². The Hall–Kier alpha value is -6.26. The van der Waals surface area contributed by atoms with Crippen LogP contribution in [-0.4, -0.2) is 18.9 Å². The highest BCUT2D eigenvalue weighted by molar-refractivity contribution is 6.34. The number of nitrogens with zero attached hydrogens (tertiary/aromatic N) is 4. The van der Waals surface area contributed by atoms with Crippen molar-refractivity contribution in [3.63, 3.8) is 0 Å². The molecule has 4 heteroatoms. The number of rotatable bonds is 2. The summed E-state index contributed by atoms with van der Waals surface area (Å²) < 4.78 is 4.78. The third-order valence-electron chi connectivity index (χ3n) is 9.80. The lowest BCUT2D eigenvalue weighted by molar-refractivity contribution is 1.02. The average molecular weight is 585 g/mol. The van der Waals surface area contributed by atoms with Crippen molar-refractivity contribution in [2.45, 2.75) is 0 Å². The smallest absolute Gasteiger partial charge is 0.235 e. The molecule has 4 aromatic heterocycles. The van der Waals surface area contributed by atoms with Crippen molar-refractivity contribution in [2.75, 3.05) is 0 Å². The van der Waals surface area contributed by atoms with Crippen LogP contribution in [0.3, 0.4) is 0 Å². The summed E-state index contributed by atoms with van der Waals surface area (Å²) in [4.78, 5) is 10.7. The Morgan fingerprint density at radius 1 is 0.413 bits per heavy atom. The highest BCUT2D eigenvalue weighted by Crippen LogP contribution is 2.47. The minimum Gasteiger partial charge on any atom is -0.308 e. The van der Waals surface area contributed by atoms with Crippen LogP contribution in [0.1, 0.15) is 0 Å². The van der Waals surface area contributed by atoms with Gasteiger partial charge in [-0.15, -0.1) is 0 Å². The number of fused-ring (bicyclic) bond motifs is 12. The molecular weight excluding hydrogens is 560 g/mol. The zero-order valence-corrected chi connectivity index (χ0v) is 24.6. The maximum atomic E-state index is 5.38. The molecule has 0 saturated heterocycles. The monoisotopic (exact) mass is 584 g/mol. The Morgan fingerprint density at radius 2 is 1.04 bits per heavy atom. The summed E-state index contributed by atoms with van der Waals surface area (Å²) in [5.74, 6) is 0.677. The van der Waals surface area contributed by atoms with Gasteiger partial charge < -0.3 is 4.40 Å². The Kier molecular flexibility index (Phi) is 4.55. The van der Waals surface area contributed by atoms with E-state index in [9.17, 15) is 0 Å². The van der Waals surface area contributed by atoms with E-state index in [1.165, 1.54) is 59.6 Å². The Balaban J connectivity index is 1.41. The maximum Gasteiger partial charge on any atom is 0.235 e. The minimum absolute atomic E-state index is 0.677. The second-order valence-electron chi connectivity index (χ2n) is 12.2. The predicted octanol–water partition coefficient (Wildman–Crippen LogP) is 10.7. The summed E-state index contributed by atoms with van der Waals surface area (Å²) in [6.07, 6.45) is 0. The SMILES string of the molecule is c1ccc(-c2nc(-n3c4ccccc4c4cc5c6ccccc6n6c7cc8ccccc8cc7c(c43)c56)nc3ccccc23)cc1. The average Bonchev–Trinajstić information content (AvgIpc) is 3.75. The van der Waals surface area contributed by atoms with E-state index in [0.29, 0.717) is 5.95 Å². The van der Waals surface area contributed by atoms with Crippen molar-refractivity contribution in [3.8, 4) is 17.2 Å². The highest BCUT2D eigenvalue weighted by Gasteiger charge is 2.25. The summed E-state index contributed by atoms with van der Waals surface area (Å²) in [5.41, 5.74) is 8.86. The standard InChI is InChI=1S/C42H24N4/c1-2-12-25(13-3-1)39-30-18-6-9-19-34(30)43-42(44-39)46-36-21-11-8-17-29(36)32-24-31-28-16-7-10-20-35(28)45-37-23-27-15-5-4-14-26(27)22-33(37)38(40(31)45)41(32)46/h1-24H. The number of benzene rings is 7. The normalized spacial score (nSPS) is 12.3. The fraction of sp³-hybridized carbons (Fsp3) is 0. The molecule has 0 amide bonds. The van der Waals surface area contributed by atoms with E-state index in [4.69, 9.17) is 9.97 Å². The van der Waals surface area contributed by atoms with Gasteiger partial charge in [0.1, 0.15) is 0 Å². The number of aromatic nitrogens is 4. The quantitative estimate of drug-likeness (QED) is 0.203. The molecule has 0 fully saturated rings. The van der Waals surface area contributed by atoms with E-state index in [1.54, 1.807) is 0 Å². The van der Waals surface area contributed by atoms with E-state index < -0.39 is 0 Å². The van der Waals surface area contributed by atoms with Gasteiger partial charge in [0.05, 0.1) is 38.8 Å². The molecule has 0 aliphatic rings. The molecule has 4 heterocycles. The fourth-order valence-electron chi connectivity index (χ4n) is 7.88. The van der Waals surface area contributed by atoms with Crippen LogP contribution < -0.4 is 0 Å². The summed E-state index contributed by atoms with van der Waals surface area (Å²) >= 11 is 0. The van der Waals surface area contributed by atoms with Crippen LogP contribution in [0.5, 0.6) is 0 Å². The number of hydrogen-bond acceptors (Lipinski definition) is 2. The first-order valence-corrected chi connectivity index (χ1v) is 15.7. The maximum absolute atomic E-state index is 5.38. The third kappa shape index (κ3) is 3.03. The minimum atomic E-state index is 0.677. The molecule has 0 saturated carbocycles. The summed E-state index contributed by atoms with van der Waals surface area (Å²) in [6, 6.07) is 52.1. The van der Waals surface area contributed by atoms with Crippen LogP contribution in [0, 0.1) is 0 Å². The zero-order valence-electron chi connectivity index (χ0n) is 24.6. The van der Waals surface area contributed by atoms with E-state index in [1.807, 2.05) is 6.07 Å². The van der Waals surface area contributed by atoms with Crippen LogP contribution in [0.2, 0.25) is 0 Å². The lowest BCUT2D eigenvalue weighted by Gasteiger charge is -2.12. The van der Waals surface area contributed by atoms with Crippen molar-refractivity contribution in [3.05, 3.63) is 146 Å². The first kappa shape index (κ1) is 24.1. The molecule has 0 aliphatic heterocycles. The van der Waals surface area contributed by atoms with Gasteiger partial charge in [-0.1, -0.05) is 109 Å². The summed E-state index contributed by atoms with van der Waals surface area (Å²) in [5, 5.41) is 10.9. The fourth-order valence-corrected chi connectivity index (χ4v) is 7.88. The van der Waals surface area contributed by atoms with Crippen molar-refractivity contribution in [1.82, 2.24) is 18.9 Å². The van der Waals surface area contributed by atoms with Gasteiger partial charge in [0, 0.05) is 43.3 Å². The van der Waals surface area contributed by atoms with E-state index >= 15 is 0 Å². The van der Waals surface area contributed by atoms with Gasteiger partial charge in [0.25, 0.3) is 0 Å². The highest BCUT2D eigenvalue weighted by atomic mass is 15.2. The lowest BCUT2D eigenvalue weighted by atomic mass is 10.0. The Morgan fingerprint density at radius 3 is 1.87 bits per heavy atom. The van der Waals surface area contributed by atoms with Gasteiger partial charge in [0.2, 0.25) is 5.95 Å². The molecule has 0 spiro atoms. The molecule has 46 heavy (non-hydrogen) atoms. The molecule has 0 bridgehead atoms.